The molecule has 0 bridgehead atoms. The topological polar surface area (TPSA) is 33.7 Å². The van der Waals surface area contributed by atoms with Crippen molar-refractivity contribution >= 4 is 0 Å². The third kappa shape index (κ3) is 5.12. The van der Waals surface area contributed by atoms with Gasteiger partial charge in [-0.05, 0) is 38.6 Å². The molecule has 1 atom stereocenters. The van der Waals surface area contributed by atoms with Crippen molar-refractivity contribution in [3.8, 4) is 5.75 Å². The zero-order valence-electron chi connectivity index (χ0n) is 12.8. The third-order valence-corrected chi connectivity index (χ3v) is 3.31. The Morgan fingerprint density at radius 3 is 3.05 bits per heavy atom. The zero-order valence-corrected chi connectivity index (χ0v) is 12.8. The van der Waals surface area contributed by atoms with Crippen LogP contribution in [0.4, 0.5) is 0 Å². The first-order chi connectivity index (χ1) is 9.63. The minimum Gasteiger partial charge on any atom is -0.491 e. The van der Waals surface area contributed by atoms with Crippen molar-refractivity contribution in [3.63, 3.8) is 0 Å². The summed E-state index contributed by atoms with van der Waals surface area (Å²) in [5.41, 5.74) is 1.24. The first kappa shape index (κ1) is 15.3. The van der Waals surface area contributed by atoms with Crippen LogP contribution in [0, 0.1) is 0 Å². The van der Waals surface area contributed by atoms with Crippen LogP contribution in [0.5, 0.6) is 5.75 Å². The number of ether oxygens (including phenoxy) is 2. The van der Waals surface area contributed by atoms with E-state index in [4.69, 9.17) is 9.47 Å². The summed E-state index contributed by atoms with van der Waals surface area (Å²) < 4.78 is 11.4. The molecule has 0 saturated carbocycles. The number of benzene rings is 1. The van der Waals surface area contributed by atoms with Gasteiger partial charge in [0.05, 0.1) is 18.8 Å². The number of likely N-dealkylation sites (N-methyl/N-ethyl adjacent to an activating group) is 1. The summed E-state index contributed by atoms with van der Waals surface area (Å²) in [7, 11) is 2.14. The van der Waals surface area contributed by atoms with Crippen LogP contribution in [0.1, 0.15) is 19.4 Å². The van der Waals surface area contributed by atoms with Crippen molar-refractivity contribution in [1.29, 1.82) is 0 Å². The van der Waals surface area contributed by atoms with Gasteiger partial charge in [-0.25, -0.2) is 0 Å². The molecule has 20 heavy (non-hydrogen) atoms. The highest BCUT2D eigenvalue weighted by atomic mass is 16.5. The van der Waals surface area contributed by atoms with Crippen LogP contribution in [0.3, 0.4) is 0 Å². The molecule has 0 spiro atoms. The normalized spacial score (nSPS) is 20.3. The van der Waals surface area contributed by atoms with Crippen molar-refractivity contribution in [2.75, 3.05) is 33.3 Å². The smallest absolute Gasteiger partial charge is 0.120 e. The molecule has 0 amide bonds. The van der Waals surface area contributed by atoms with Crippen LogP contribution < -0.4 is 10.1 Å². The fraction of sp³-hybridized carbons (Fsp3) is 0.625. The summed E-state index contributed by atoms with van der Waals surface area (Å²) in [5, 5.41) is 3.47. The van der Waals surface area contributed by atoms with E-state index in [2.05, 4.69) is 29.4 Å². The van der Waals surface area contributed by atoms with Gasteiger partial charge < -0.3 is 19.7 Å². The van der Waals surface area contributed by atoms with Crippen molar-refractivity contribution in [2.45, 2.75) is 32.6 Å². The van der Waals surface area contributed by atoms with Gasteiger partial charge in [0, 0.05) is 26.2 Å². The van der Waals surface area contributed by atoms with Gasteiger partial charge >= 0.3 is 0 Å². The van der Waals surface area contributed by atoms with Gasteiger partial charge in [-0.3, -0.25) is 0 Å². The highest BCUT2D eigenvalue weighted by Crippen LogP contribution is 2.14. The Kier molecular flexibility index (Phi) is 5.83. The van der Waals surface area contributed by atoms with Crippen LogP contribution in [-0.4, -0.2) is 50.4 Å². The monoisotopic (exact) mass is 278 g/mol. The molecule has 1 aliphatic rings. The average molecular weight is 278 g/mol. The van der Waals surface area contributed by atoms with Gasteiger partial charge in [0.2, 0.25) is 0 Å². The van der Waals surface area contributed by atoms with Crippen molar-refractivity contribution < 1.29 is 9.47 Å². The molecule has 0 aliphatic carbocycles. The molecule has 1 N–H and O–H groups in total. The lowest BCUT2D eigenvalue weighted by atomic mass is 10.2. The number of hydrogen-bond donors (Lipinski definition) is 1. The standard InChI is InChI=1S/C16H26N2O2/c1-13(2)20-15-6-4-5-14(9-15)10-17-11-16-12-18(3)7-8-19-16/h4-6,9,13,16-17H,7-8,10-12H2,1-3H3. The fourth-order valence-electron chi connectivity index (χ4n) is 2.37. The van der Waals surface area contributed by atoms with Crippen molar-refractivity contribution in [1.82, 2.24) is 10.2 Å². The molecular weight excluding hydrogens is 252 g/mol. The minimum atomic E-state index is 0.212. The lowest BCUT2D eigenvalue weighted by Crippen LogP contribution is -2.44. The van der Waals surface area contributed by atoms with E-state index < -0.39 is 0 Å². The maximum Gasteiger partial charge on any atom is 0.120 e. The maximum absolute atomic E-state index is 5.73. The summed E-state index contributed by atoms with van der Waals surface area (Å²) >= 11 is 0. The lowest BCUT2D eigenvalue weighted by molar-refractivity contribution is -0.0182. The van der Waals surface area contributed by atoms with E-state index in [1.54, 1.807) is 0 Å². The average Bonchev–Trinajstić information content (AvgIpc) is 2.38. The van der Waals surface area contributed by atoms with E-state index in [-0.39, 0.29) is 6.10 Å². The fourth-order valence-corrected chi connectivity index (χ4v) is 2.37. The summed E-state index contributed by atoms with van der Waals surface area (Å²) in [5.74, 6) is 0.938. The summed E-state index contributed by atoms with van der Waals surface area (Å²) in [6.45, 7) is 8.69. The minimum absolute atomic E-state index is 0.212. The second-order valence-electron chi connectivity index (χ2n) is 5.70. The Labute approximate surface area is 122 Å². The molecule has 2 rings (SSSR count). The molecule has 1 aromatic rings. The second-order valence-corrected chi connectivity index (χ2v) is 5.70. The van der Waals surface area contributed by atoms with E-state index in [1.807, 2.05) is 26.0 Å². The van der Waals surface area contributed by atoms with Crippen molar-refractivity contribution in [2.24, 2.45) is 0 Å². The molecule has 1 saturated heterocycles. The van der Waals surface area contributed by atoms with Gasteiger partial charge in [-0.15, -0.1) is 0 Å². The van der Waals surface area contributed by atoms with Crippen molar-refractivity contribution in [3.05, 3.63) is 29.8 Å². The van der Waals surface area contributed by atoms with E-state index in [0.717, 1.165) is 38.5 Å². The third-order valence-electron chi connectivity index (χ3n) is 3.31. The predicted octanol–water partition coefficient (Wildman–Crippen LogP) is 1.89. The van der Waals surface area contributed by atoms with Gasteiger partial charge in [0.15, 0.2) is 0 Å². The zero-order chi connectivity index (χ0) is 14.4. The molecule has 4 nitrogen and oxygen atoms in total. The number of hydrogen-bond acceptors (Lipinski definition) is 4. The molecule has 0 aromatic heterocycles. The molecule has 1 aliphatic heterocycles. The molecule has 1 aromatic carbocycles. The van der Waals surface area contributed by atoms with Crippen LogP contribution in [0.25, 0.3) is 0 Å². The second kappa shape index (κ2) is 7.62. The van der Waals surface area contributed by atoms with E-state index in [0.29, 0.717) is 6.10 Å². The number of morpholine rings is 1. The van der Waals surface area contributed by atoms with E-state index >= 15 is 0 Å². The molecule has 4 heteroatoms. The Balaban J connectivity index is 1.76. The Hall–Kier alpha value is -1.10. The maximum atomic E-state index is 5.73. The van der Waals surface area contributed by atoms with Gasteiger partial charge in [-0.1, -0.05) is 12.1 Å². The molecule has 0 radical (unpaired) electrons. The highest BCUT2D eigenvalue weighted by molar-refractivity contribution is 5.28. The van der Waals surface area contributed by atoms with E-state index in [9.17, 15) is 0 Å². The van der Waals surface area contributed by atoms with Gasteiger partial charge in [0.1, 0.15) is 5.75 Å². The molecule has 112 valence electrons. The van der Waals surface area contributed by atoms with Gasteiger partial charge in [0.25, 0.3) is 0 Å². The summed E-state index contributed by atoms with van der Waals surface area (Å²) in [6, 6.07) is 8.26. The molecule has 1 unspecified atom stereocenters. The quantitative estimate of drug-likeness (QED) is 0.861. The SMILES string of the molecule is CC(C)Oc1cccc(CNCC2CN(C)CCO2)c1. The van der Waals surface area contributed by atoms with Crippen LogP contribution >= 0.6 is 0 Å². The number of nitrogens with zero attached hydrogens (tertiary/aromatic N) is 1. The van der Waals surface area contributed by atoms with Crippen LogP contribution in [0.15, 0.2) is 24.3 Å². The number of rotatable bonds is 6. The van der Waals surface area contributed by atoms with Crippen LogP contribution in [-0.2, 0) is 11.3 Å². The Morgan fingerprint density at radius 2 is 2.30 bits per heavy atom. The van der Waals surface area contributed by atoms with Crippen LogP contribution in [0.2, 0.25) is 0 Å². The molecule has 1 fully saturated rings. The predicted molar refractivity (Wildman–Crippen MR) is 81.1 cm³/mol. The largest absolute Gasteiger partial charge is 0.491 e. The van der Waals surface area contributed by atoms with Gasteiger partial charge in [-0.2, -0.15) is 0 Å². The first-order valence-corrected chi connectivity index (χ1v) is 7.40. The summed E-state index contributed by atoms with van der Waals surface area (Å²) in [6.07, 6.45) is 0.508. The molecule has 1 heterocycles. The Morgan fingerprint density at radius 1 is 1.45 bits per heavy atom. The Bertz CT molecular complexity index is 409. The summed E-state index contributed by atoms with van der Waals surface area (Å²) in [4.78, 5) is 2.31. The lowest BCUT2D eigenvalue weighted by Gasteiger charge is -2.30. The molecular formula is C16H26N2O2. The van der Waals surface area contributed by atoms with E-state index in [1.165, 1.54) is 5.56 Å². The highest BCUT2D eigenvalue weighted by Gasteiger charge is 2.16. The number of nitrogens with one attached hydrogen (secondary N) is 1. The first-order valence-electron chi connectivity index (χ1n) is 7.40.